The molecule has 0 bridgehead atoms. The first-order valence-corrected chi connectivity index (χ1v) is 5.86. The summed E-state index contributed by atoms with van der Waals surface area (Å²) >= 11 is 0. The molecule has 1 aliphatic rings. The highest BCUT2D eigenvalue weighted by atomic mass is 16.6. The number of hydrogen-bond donors (Lipinski definition) is 1. The van der Waals surface area contributed by atoms with Crippen LogP contribution in [0.3, 0.4) is 0 Å². The monoisotopic (exact) mass is 252 g/mol. The lowest BCUT2D eigenvalue weighted by Gasteiger charge is -2.37. The molecule has 1 N–H and O–H groups in total. The van der Waals surface area contributed by atoms with Gasteiger partial charge in [-0.3, -0.25) is 10.1 Å². The van der Waals surface area contributed by atoms with Crippen molar-refractivity contribution < 1.29 is 14.8 Å². The van der Waals surface area contributed by atoms with Gasteiger partial charge in [-0.2, -0.15) is 0 Å². The zero-order valence-corrected chi connectivity index (χ0v) is 10.2. The standard InChI is InChI=1S/C12H16N2O4/c1-9-6-13(7-12(8-15)18-9)10-3-2-4-11(5-10)14(16)17/h2-5,9,12,15H,6-8H2,1H3. The van der Waals surface area contributed by atoms with Crippen molar-refractivity contribution in [2.24, 2.45) is 0 Å². The first-order valence-electron chi connectivity index (χ1n) is 5.86. The molecule has 6 heteroatoms. The molecule has 0 spiro atoms. The lowest BCUT2D eigenvalue weighted by molar-refractivity contribution is -0.384. The molecule has 1 fully saturated rings. The molecular weight excluding hydrogens is 236 g/mol. The number of nitro benzene ring substituents is 1. The highest BCUT2D eigenvalue weighted by Gasteiger charge is 2.25. The first kappa shape index (κ1) is 12.8. The summed E-state index contributed by atoms with van der Waals surface area (Å²) in [7, 11) is 0. The Morgan fingerprint density at radius 1 is 1.56 bits per heavy atom. The van der Waals surface area contributed by atoms with Crippen LogP contribution in [0.2, 0.25) is 0 Å². The van der Waals surface area contributed by atoms with Gasteiger partial charge in [-0.15, -0.1) is 0 Å². The normalized spacial score (nSPS) is 24.0. The minimum atomic E-state index is -0.406. The van der Waals surface area contributed by atoms with E-state index in [9.17, 15) is 10.1 Å². The van der Waals surface area contributed by atoms with Crippen molar-refractivity contribution in [2.45, 2.75) is 19.1 Å². The Hall–Kier alpha value is -1.66. The van der Waals surface area contributed by atoms with Crippen LogP contribution in [0.25, 0.3) is 0 Å². The van der Waals surface area contributed by atoms with Crippen LogP contribution in [0.1, 0.15) is 6.92 Å². The molecule has 0 aromatic heterocycles. The van der Waals surface area contributed by atoms with E-state index in [1.165, 1.54) is 6.07 Å². The SMILES string of the molecule is CC1CN(c2cccc([N+](=O)[O-])c2)CC(CO)O1. The van der Waals surface area contributed by atoms with Gasteiger partial charge in [0.15, 0.2) is 0 Å². The van der Waals surface area contributed by atoms with E-state index in [2.05, 4.69) is 0 Å². The van der Waals surface area contributed by atoms with E-state index in [0.717, 1.165) is 5.69 Å². The predicted octanol–water partition coefficient (Wildman–Crippen LogP) is 1.18. The number of aliphatic hydroxyl groups excluding tert-OH is 1. The van der Waals surface area contributed by atoms with Gasteiger partial charge in [0.2, 0.25) is 0 Å². The van der Waals surface area contributed by atoms with Crippen molar-refractivity contribution in [3.8, 4) is 0 Å². The summed E-state index contributed by atoms with van der Waals surface area (Å²) in [6, 6.07) is 6.52. The second-order valence-corrected chi connectivity index (χ2v) is 4.43. The molecule has 18 heavy (non-hydrogen) atoms. The third-order valence-electron chi connectivity index (χ3n) is 2.94. The number of benzene rings is 1. The molecule has 1 heterocycles. The van der Waals surface area contributed by atoms with Crippen molar-refractivity contribution in [1.29, 1.82) is 0 Å². The summed E-state index contributed by atoms with van der Waals surface area (Å²) in [5.74, 6) is 0. The molecule has 6 nitrogen and oxygen atoms in total. The van der Waals surface area contributed by atoms with Crippen LogP contribution in [-0.2, 0) is 4.74 Å². The maximum Gasteiger partial charge on any atom is 0.271 e. The van der Waals surface area contributed by atoms with Crippen molar-refractivity contribution in [3.63, 3.8) is 0 Å². The number of rotatable bonds is 3. The fourth-order valence-corrected chi connectivity index (χ4v) is 2.16. The van der Waals surface area contributed by atoms with Gasteiger partial charge in [-0.1, -0.05) is 6.07 Å². The Kier molecular flexibility index (Phi) is 3.78. The highest BCUT2D eigenvalue weighted by Crippen LogP contribution is 2.24. The van der Waals surface area contributed by atoms with Crippen molar-refractivity contribution in [3.05, 3.63) is 34.4 Å². The maximum absolute atomic E-state index is 10.7. The first-order chi connectivity index (χ1) is 8.60. The van der Waals surface area contributed by atoms with E-state index in [1.807, 2.05) is 17.9 Å². The third-order valence-corrected chi connectivity index (χ3v) is 2.94. The highest BCUT2D eigenvalue weighted by molar-refractivity contribution is 5.53. The van der Waals surface area contributed by atoms with E-state index >= 15 is 0 Å². The number of ether oxygens (including phenoxy) is 1. The topological polar surface area (TPSA) is 75.8 Å². The lowest BCUT2D eigenvalue weighted by Crippen LogP contribution is -2.48. The average molecular weight is 252 g/mol. The number of nitro groups is 1. The Morgan fingerprint density at radius 2 is 2.33 bits per heavy atom. The molecule has 2 rings (SSSR count). The molecule has 0 radical (unpaired) electrons. The van der Waals surface area contributed by atoms with Gasteiger partial charge in [-0.05, 0) is 13.0 Å². The second kappa shape index (κ2) is 5.32. The predicted molar refractivity (Wildman–Crippen MR) is 66.7 cm³/mol. The van der Waals surface area contributed by atoms with Crippen LogP contribution in [0.4, 0.5) is 11.4 Å². The van der Waals surface area contributed by atoms with E-state index in [-0.39, 0.29) is 24.5 Å². The molecule has 1 aromatic rings. The number of nitrogens with zero attached hydrogens (tertiary/aromatic N) is 2. The molecule has 0 saturated carbocycles. The lowest BCUT2D eigenvalue weighted by atomic mass is 10.2. The number of hydrogen-bond acceptors (Lipinski definition) is 5. The van der Waals surface area contributed by atoms with Gasteiger partial charge in [0.05, 0.1) is 23.7 Å². The zero-order valence-electron chi connectivity index (χ0n) is 10.2. The summed E-state index contributed by atoms with van der Waals surface area (Å²) in [5, 5.41) is 19.9. The summed E-state index contributed by atoms with van der Waals surface area (Å²) < 4.78 is 5.54. The minimum Gasteiger partial charge on any atom is -0.394 e. The van der Waals surface area contributed by atoms with E-state index in [0.29, 0.717) is 13.1 Å². The number of anilines is 1. The Balaban J connectivity index is 2.19. The molecular formula is C12H16N2O4. The second-order valence-electron chi connectivity index (χ2n) is 4.43. The number of non-ortho nitro benzene ring substituents is 1. The van der Waals surface area contributed by atoms with Gasteiger partial charge in [0.1, 0.15) is 0 Å². The Bertz CT molecular complexity index is 438. The molecule has 0 amide bonds. The number of aliphatic hydroxyl groups is 1. The molecule has 2 unspecified atom stereocenters. The van der Waals surface area contributed by atoms with Crippen molar-refractivity contribution in [2.75, 3.05) is 24.6 Å². The zero-order chi connectivity index (χ0) is 13.1. The molecule has 1 aliphatic heterocycles. The van der Waals surface area contributed by atoms with E-state index in [1.54, 1.807) is 12.1 Å². The van der Waals surface area contributed by atoms with E-state index < -0.39 is 4.92 Å². The molecule has 0 aliphatic carbocycles. The van der Waals surface area contributed by atoms with Gasteiger partial charge >= 0.3 is 0 Å². The van der Waals surface area contributed by atoms with Gasteiger partial charge in [-0.25, -0.2) is 0 Å². The quantitative estimate of drug-likeness (QED) is 0.645. The summed E-state index contributed by atoms with van der Waals surface area (Å²) in [4.78, 5) is 12.3. The van der Waals surface area contributed by atoms with Crippen LogP contribution in [0.15, 0.2) is 24.3 Å². The van der Waals surface area contributed by atoms with Crippen molar-refractivity contribution in [1.82, 2.24) is 0 Å². The van der Waals surface area contributed by atoms with Crippen molar-refractivity contribution >= 4 is 11.4 Å². The largest absolute Gasteiger partial charge is 0.394 e. The molecule has 1 saturated heterocycles. The maximum atomic E-state index is 10.7. The fourth-order valence-electron chi connectivity index (χ4n) is 2.16. The minimum absolute atomic E-state index is 0.00448. The van der Waals surface area contributed by atoms with Crippen LogP contribution in [-0.4, -0.2) is 41.9 Å². The Morgan fingerprint density at radius 3 is 3.00 bits per heavy atom. The van der Waals surface area contributed by atoms with Crippen LogP contribution in [0.5, 0.6) is 0 Å². The van der Waals surface area contributed by atoms with E-state index in [4.69, 9.17) is 9.84 Å². The third kappa shape index (κ3) is 2.77. The molecule has 1 aromatic carbocycles. The molecule has 98 valence electrons. The molecule has 2 atom stereocenters. The summed E-state index contributed by atoms with van der Waals surface area (Å²) in [6.45, 7) is 3.08. The van der Waals surface area contributed by atoms with Gasteiger partial charge in [0.25, 0.3) is 5.69 Å². The summed E-state index contributed by atoms with van der Waals surface area (Å²) in [5.41, 5.74) is 0.866. The smallest absolute Gasteiger partial charge is 0.271 e. The number of morpholine rings is 1. The van der Waals surface area contributed by atoms with Gasteiger partial charge < -0.3 is 14.7 Å². The fraction of sp³-hybridized carbons (Fsp3) is 0.500. The Labute approximate surface area is 105 Å². The van der Waals surface area contributed by atoms with Crippen LogP contribution in [0, 0.1) is 10.1 Å². The van der Waals surface area contributed by atoms with Gasteiger partial charge in [0, 0.05) is 30.9 Å². The summed E-state index contributed by atoms with van der Waals surface area (Å²) in [6.07, 6.45) is -0.247. The average Bonchev–Trinajstić information content (AvgIpc) is 2.38. The van der Waals surface area contributed by atoms with Crippen LogP contribution < -0.4 is 4.90 Å². The van der Waals surface area contributed by atoms with Crippen LogP contribution >= 0.6 is 0 Å².